The summed E-state index contributed by atoms with van der Waals surface area (Å²) in [6, 6.07) is 15.6. The summed E-state index contributed by atoms with van der Waals surface area (Å²) in [5.41, 5.74) is 7.39. The van der Waals surface area contributed by atoms with Crippen molar-refractivity contribution < 1.29 is 15.0 Å². The number of aliphatic hydroxyl groups is 2. The molecule has 2 unspecified atom stereocenters. The fourth-order valence-electron chi connectivity index (χ4n) is 5.27. The third-order valence-electron chi connectivity index (χ3n) is 7.23. The lowest BCUT2D eigenvalue weighted by Gasteiger charge is -2.37. The molecule has 35 heavy (non-hydrogen) atoms. The van der Waals surface area contributed by atoms with Crippen LogP contribution in [0.1, 0.15) is 30.2 Å². The highest BCUT2D eigenvalue weighted by Crippen LogP contribution is 2.32. The maximum atomic E-state index is 13.1. The summed E-state index contributed by atoms with van der Waals surface area (Å²) in [5, 5.41) is 24.6. The third-order valence-corrected chi connectivity index (χ3v) is 8.21. The number of carbonyl (C=O) groups is 1. The summed E-state index contributed by atoms with van der Waals surface area (Å²) in [5.74, 6) is -0.169. The minimum Gasteiger partial charge on any atom is -0.392 e. The molecule has 7 nitrogen and oxygen atoms in total. The third kappa shape index (κ3) is 4.84. The van der Waals surface area contributed by atoms with E-state index in [-0.39, 0.29) is 18.5 Å². The number of β-amino-alcohol motifs (C(OH)–C–C–N with tert-alkyl or cyclic N) is 1. The number of fused-ring (bicyclic) bond motifs is 1. The molecule has 0 radical (unpaired) electrons. The maximum Gasteiger partial charge on any atom is 0.237 e. The Balaban J connectivity index is 1.22. The Morgan fingerprint density at radius 3 is 2.74 bits per heavy atom. The number of amides is 1. The first-order valence-electron chi connectivity index (χ1n) is 12.2. The van der Waals surface area contributed by atoms with Crippen LogP contribution in [0.2, 0.25) is 0 Å². The fraction of sp³-hybridized carbons (Fsp3) is 0.407. The number of carbonyl (C=O) groups excluding carboxylic acids is 1. The van der Waals surface area contributed by atoms with E-state index in [1.165, 1.54) is 5.56 Å². The average Bonchev–Trinajstić information content (AvgIpc) is 3.60. The molecule has 1 aromatic heterocycles. The molecule has 5 rings (SSSR count). The van der Waals surface area contributed by atoms with Crippen molar-refractivity contribution in [2.24, 2.45) is 0 Å². The molecular formula is C27H32N4O3S. The molecule has 3 heterocycles. The van der Waals surface area contributed by atoms with E-state index in [2.05, 4.69) is 27.3 Å². The van der Waals surface area contributed by atoms with Crippen LogP contribution in [0.3, 0.4) is 0 Å². The number of hydrogen-bond donors (Lipinski definition) is 3. The second-order valence-corrected chi connectivity index (χ2v) is 10.4. The molecule has 0 aliphatic carbocycles. The molecule has 3 N–H and O–H groups in total. The predicted molar refractivity (Wildman–Crippen MR) is 138 cm³/mol. The number of nitrogens with one attached hydrogen (secondary N) is 1. The largest absolute Gasteiger partial charge is 0.392 e. The van der Waals surface area contributed by atoms with Crippen LogP contribution in [0.4, 0.5) is 5.69 Å². The van der Waals surface area contributed by atoms with Gasteiger partial charge in [-0.1, -0.05) is 42.5 Å². The molecule has 2 aliphatic heterocycles. The summed E-state index contributed by atoms with van der Waals surface area (Å²) < 4.78 is 0. The number of para-hydroxylation sites is 1. The summed E-state index contributed by atoms with van der Waals surface area (Å²) in [7, 11) is 0. The number of nitrogens with zero attached hydrogens (tertiary/aromatic N) is 3. The van der Waals surface area contributed by atoms with Crippen LogP contribution in [-0.2, 0) is 17.8 Å². The van der Waals surface area contributed by atoms with Crippen molar-refractivity contribution in [3.63, 3.8) is 0 Å². The zero-order valence-corrected chi connectivity index (χ0v) is 20.9. The minimum atomic E-state index is -0.865. The number of aliphatic hydroxyl groups excluding tert-OH is 2. The number of rotatable bonds is 7. The number of likely N-dealkylation sites (tertiary alicyclic amines) is 1. The normalized spacial score (nSPS) is 21.7. The number of anilines is 1. The van der Waals surface area contributed by atoms with Gasteiger partial charge in [-0.3, -0.25) is 9.69 Å². The summed E-state index contributed by atoms with van der Waals surface area (Å²) in [4.78, 5) is 22.5. The molecule has 3 aromatic rings. The quantitative estimate of drug-likeness (QED) is 0.470. The first-order valence-corrected chi connectivity index (χ1v) is 13.0. The molecule has 2 aromatic carbocycles. The van der Waals surface area contributed by atoms with Gasteiger partial charge in [-0.2, -0.15) is 0 Å². The highest BCUT2D eigenvalue weighted by Gasteiger charge is 2.42. The Hall–Kier alpha value is -2.78. The van der Waals surface area contributed by atoms with Crippen LogP contribution in [0.25, 0.3) is 10.4 Å². The van der Waals surface area contributed by atoms with Crippen LogP contribution in [-0.4, -0.2) is 63.5 Å². The van der Waals surface area contributed by atoms with Gasteiger partial charge in [-0.15, -0.1) is 11.3 Å². The average molecular weight is 493 g/mol. The number of thiazole rings is 1. The Kier molecular flexibility index (Phi) is 6.88. The first-order chi connectivity index (χ1) is 16.9. The van der Waals surface area contributed by atoms with Gasteiger partial charge in [-0.05, 0) is 49.4 Å². The van der Waals surface area contributed by atoms with E-state index in [9.17, 15) is 15.0 Å². The number of hydrogen-bond acceptors (Lipinski definition) is 7. The van der Waals surface area contributed by atoms with Crippen LogP contribution in [0.15, 0.2) is 54.0 Å². The van der Waals surface area contributed by atoms with E-state index >= 15 is 0 Å². The SMILES string of the molecule is Cc1ncsc1-c1ccc(CNC(=O)[C@@H]2C[C@@H](O)CN2C(O)C(C)N2CCc3ccccc32)cc1. The van der Waals surface area contributed by atoms with E-state index in [1.807, 2.05) is 55.8 Å². The molecule has 8 heteroatoms. The van der Waals surface area contributed by atoms with Crippen molar-refractivity contribution in [1.29, 1.82) is 0 Å². The van der Waals surface area contributed by atoms with Gasteiger partial charge in [0.15, 0.2) is 0 Å². The molecule has 1 fully saturated rings. The van der Waals surface area contributed by atoms with E-state index in [0.29, 0.717) is 13.0 Å². The molecule has 184 valence electrons. The van der Waals surface area contributed by atoms with E-state index in [1.54, 1.807) is 16.2 Å². The van der Waals surface area contributed by atoms with Gasteiger partial charge in [0, 0.05) is 25.3 Å². The van der Waals surface area contributed by atoms with Gasteiger partial charge < -0.3 is 20.4 Å². The second kappa shape index (κ2) is 10.1. The summed E-state index contributed by atoms with van der Waals surface area (Å²) in [6.45, 7) is 5.49. The van der Waals surface area contributed by atoms with E-state index in [0.717, 1.165) is 40.4 Å². The Morgan fingerprint density at radius 2 is 2.00 bits per heavy atom. The summed E-state index contributed by atoms with van der Waals surface area (Å²) in [6.07, 6.45) is -0.243. The van der Waals surface area contributed by atoms with Crippen molar-refractivity contribution in [2.75, 3.05) is 18.0 Å². The highest BCUT2D eigenvalue weighted by atomic mass is 32.1. The molecule has 2 aliphatic rings. The van der Waals surface area contributed by atoms with Crippen LogP contribution in [0, 0.1) is 6.92 Å². The first kappa shape index (κ1) is 23.9. The lowest BCUT2D eigenvalue weighted by molar-refractivity contribution is -0.130. The topological polar surface area (TPSA) is 88.9 Å². The zero-order chi connectivity index (χ0) is 24.5. The lowest BCUT2D eigenvalue weighted by atomic mass is 10.1. The lowest BCUT2D eigenvalue weighted by Crippen LogP contribution is -2.55. The van der Waals surface area contributed by atoms with Crippen LogP contribution in [0.5, 0.6) is 0 Å². The Labute approximate surface area is 210 Å². The zero-order valence-electron chi connectivity index (χ0n) is 20.1. The fourth-order valence-corrected chi connectivity index (χ4v) is 6.08. The van der Waals surface area contributed by atoms with E-state index < -0.39 is 18.4 Å². The molecule has 0 saturated carbocycles. The van der Waals surface area contributed by atoms with Gasteiger partial charge in [-0.25, -0.2) is 4.98 Å². The van der Waals surface area contributed by atoms with Gasteiger partial charge in [0.1, 0.15) is 6.23 Å². The number of aromatic nitrogens is 1. The van der Waals surface area contributed by atoms with Gasteiger partial charge in [0.05, 0.1) is 34.3 Å². The minimum absolute atomic E-state index is 0.169. The number of aryl methyl sites for hydroxylation is 1. The molecular weight excluding hydrogens is 460 g/mol. The molecule has 1 amide bonds. The molecule has 4 atom stereocenters. The standard InChI is InChI=1S/C27H32N4O3S/c1-17-25(35-16-29-17)21-9-7-19(8-10-21)14-28-26(33)24-13-22(32)15-31(24)27(34)18(2)30-12-11-20-5-3-4-6-23(20)30/h3-10,16,18,22,24,27,32,34H,11-15H2,1-2H3,(H,28,33)/t18?,22-,24+,27?/m1/s1. The molecule has 0 spiro atoms. The van der Waals surface area contributed by atoms with Gasteiger partial charge in [0.25, 0.3) is 0 Å². The second-order valence-electron chi connectivity index (χ2n) is 9.51. The van der Waals surface area contributed by atoms with E-state index in [4.69, 9.17) is 0 Å². The van der Waals surface area contributed by atoms with Crippen molar-refractivity contribution in [3.05, 3.63) is 70.9 Å². The smallest absolute Gasteiger partial charge is 0.237 e. The summed E-state index contributed by atoms with van der Waals surface area (Å²) >= 11 is 1.62. The Morgan fingerprint density at radius 1 is 1.23 bits per heavy atom. The van der Waals surface area contributed by atoms with Crippen LogP contribution >= 0.6 is 11.3 Å². The van der Waals surface area contributed by atoms with Crippen molar-refractivity contribution in [3.8, 4) is 10.4 Å². The van der Waals surface area contributed by atoms with Gasteiger partial charge >= 0.3 is 0 Å². The van der Waals surface area contributed by atoms with Crippen LogP contribution < -0.4 is 10.2 Å². The maximum absolute atomic E-state index is 13.1. The van der Waals surface area contributed by atoms with Crippen molar-refractivity contribution in [1.82, 2.24) is 15.2 Å². The molecule has 1 saturated heterocycles. The van der Waals surface area contributed by atoms with Crippen molar-refractivity contribution in [2.45, 2.75) is 57.6 Å². The molecule has 0 bridgehead atoms. The van der Waals surface area contributed by atoms with Gasteiger partial charge in [0.2, 0.25) is 5.91 Å². The Bertz CT molecular complexity index is 1180. The monoisotopic (exact) mass is 492 g/mol. The van der Waals surface area contributed by atoms with Crippen molar-refractivity contribution >= 4 is 22.9 Å². The highest BCUT2D eigenvalue weighted by molar-refractivity contribution is 7.13. The number of benzene rings is 2. The predicted octanol–water partition coefficient (Wildman–Crippen LogP) is 2.94.